The maximum absolute atomic E-state index is 12.5. The van der Waals surface area contributed by atoms with E-state index in [2.05, 4.69) is 55.4 Å². The first kappa shape index (κ1) is 44.6. The lowest BCUT2D eigenvalue weighted by molar-refractivity contribution is -0.212. The number of hydrogen-bond donors (Lipinski definition) is 4. The zero-order chi connectivity index (χ0) is 42.7. The average molecular weight is 837 g/mol. The molecule has 0 aromatic rings. The highest BCUT2D eigenvalue weighted by Gasteiger charge is 2.68. The molecule has 4 N–H and O–H groups in total. The molecule has 0 amide bonds. The van der Waals surface area contributed by atoms with E-state index in [9.17, 15) is 25.2 Å². The van der Waals surface area contributed by atoms with Crippen molar-refractivity contribution in [3.05, 3.63) is 0 Å². The molecular weight excluding hydrogens is 749 g/mol. The monoisotopic (exact) mass is 837 g/mol. The van der Waals surface area contributed by atoms with Crippen molar-refractivity contribution in [1.82, 2.24) is 0 Å². The molecule has 0 aromatic carbocycles. The van der Waals surface area contributed by atoms with Crippen LogP contribution in [-0.2, 0) is 14.3 Å². The van der Waals surface area contributed by atoms with Crippen LogP contribution in [0.5, 0.6) is 0 Å². The van der Waals surface area contributed by atoms with Gasteiger partial charge in [-0.05, 0) is 188 Å². The molecular formula is C53H88O7. The van der Waals surface area contributed by atoms with Crippen molar-refractivity contribution in [3.63, 3.8) is 0 Å². The van der Waals surface area contributed by atoms with Crippen molar-refractivity contribution >= 4 is 6.29 Å². The van der Waals surface area contributed by atoms with Crippen LogP contribution in [0, 0.1) is 116 Å². The van der Waals surface area contributed by atoms with E-state index in [1.165, 1.54) is 25.5 Å². The Morgan fingerprint density at radius 3 is 1.85 bits per heavy atom. The maximum Gasteiger partial charge on any atom is 0.160 e. The molecule has 10 unspecified atom stereocenters. The average Bonchev–Trinajstić information content (AvgIpc) is 3.96. The molecule has 9 rings (SSSR count). The molecule has 7 nitrogen and oxygen atoms in total. The summed E-state index contributed by atoms with van der Waals surface area (Å²) in [4.78, 5) is 12.1. The molecule has 342 valence electrons. The molecule has 8 saturated carbocycles. The van der Waals surface area contributed by atoms with Gasteiger partial charge in [-0.15, -0.1) is 0 Å². The van der Waals surface area contributed by atoms with Crippen LogP contribution in [0.4, 0.5) is 0 Å². The van der Waals surface area contributed by atoms with E-state index in [1.54, 1.807) is 0 Å². The standard InChI is InChI=1S/C53H88O7/c1-9-34-40-25-33(55)16-19-51(40,6)38-18-21-52(7)42(45(38)48(34)58)24-31(46(52)30(4)49-59-22-23-60-49)12-11-13-32-27-53(8)39-17-20-50(5)36(29(3)28-54)14-15-37(50)44(39)47(57)35(10-2)41(53)26-43(32)56/h28-49,55-58H,9-27H2,1-8H3/t29-,30+,31?,32?,33-,34-,35-,36-,37?,38?,39?,40?,41?,42?,43+,44?,45?,46+,47-,48-,50-,51-,52+,53-/m1/s1. The van der Waals surface area contributed by atoms with E-state index in [-0.39, 0.29) is 82.0 Å². The van der Waals surface area contributed by atoms with Gasteiger partial charge in [-0.3, -0.25) is 0 Å². The summed E-state index contributed by atoms with van der Waals surface area (Å²) in [7, 11) is 0. The van der Waals surface area contributed by atoms with E-state index in [4.69, 9.17) is 9.47 Å². The van der Waals surface area contributed by atoms with Gasteiger partial charge in [0.15, 0.2) is 6.29 Å². The molecule has 0 aromatic heterocycles. The Labute approximate surface area is 364 Å². The highest BCUT2D eigenvalue weighted by molar-refractivity contribution is 5.53. The van der Waals surface area contributed by atoms with Gasteiger partial charge in [-0.1, -0.05) is 81.1 Å². The Kier molecular flexibility index (Phi) is 12.2. The number of carbonyl (C=O) groups excluding carboxylic acids is 1. The van der Waals surface area contributed by atoms with Crippen LogP contribution in [0.1, 0.15) is 165 Å². The molecule has 8 aliphatic carbocycles. The topological polar surface area (TPSA) is 116 Å². The first-order valence-electron chi connectivity index (χ1n) is 26.0. The lowest BCUT2D eigenvalue weighted by Crippen LogP contribution is -2.63. The lowest BCUT2D eigenvalue weighted by atomic mass is 9.40. The number of aldehydes is 1. The SMILES string of the molecule is CC[C@@H]1C2C[C@H](O)C(CCCC3CC4C5C(CC[C@]4(C)[C@H]3[C@H](C)C3OCCO3)[C@@]3(C)CC[C@@H](O)CC3[C@@H](CC)[C@H]5O)C[C@]2(C)C2CC[C@@]3(C)C(CC[C@@H]3[C@H](C)C=O)C2[C@@H]1O. The van der Waals surface area contributed by atoms with Crippen LogP contribution >= 0.6 is 0 Å². The molecule has 1 aliphatic heterocycles. The number of carbonyl (C=O) groups is 1. The molecule has 24 atom stereocenters. The number of ether oxygens (including phenoxy) is 2. The van der Waals surface area contributed by atoms with Gasteiger partial charge in [-0.25, -0.2) is 0 Å². The molecule has 9 aliphatic rings. The summed E-state index contributed by atoms with van der Waals surface area (Å²) in [6.07, 6.45) is 18.0. The zero-order valence-corrected chi connectivity index (χ0v) is 39.2. The molecule has 0 spiro atoms. The summed E-state index contributed by atoms with van der Waals surface area (Å²) in [6.45, 7) is 20.6. The fourth-order valence-electron chi connectivity index (χ4n) is 20.4. The Morgan fingerprint density at radius 1 is 0.633 bits per heavy atom. The van der Waals surface area contributed by atoms with Gasteiger partial charge in [0.05, 0.1) is 37.6 Å². The zero-order valence-electron chi connectivity index (χ0n) is 39.2. The number of hydrogen-bond acceptors (Lipinski definition) is 7. The molecule has 9 fully saturated rings. The van der Waals surface area contributed by atoms with Crippen molar-refractivity contribution in [3.8, 4) is 0 Å². The van der Waals surface area contributed by atoms with Crippen molar-refractivity contribution in [2.75, 3.05) is 13.2 Å². The summed E-state index contributed by atoms with van der Waals surface area (Å²) in [5, 5.41) is 47.8. The summed E-state index contributed by atoms with van der Waals surface area (Å²) in [6, 6.07) is 0. The normalized spacial score (nSPS) is 56.1. The van der Waals surface area contributed by atoms with Crippen LogP contribution in [0.15, 0.2) is 0 Å². The fraction of sp³-hybridized carbons (Fsp3) is 0.981. The third-order valence-electron chi connectivity index (χ3n) is 23.0. The third kappa shape index (κ3) is 6.60. The second-order valence-corrected chi connectivity index (χ2v) is 24.8. The predicted molar refractivity (Wildman–Crippen MR) is 235 cm³/mol. The summed E-state index contributed by atoms with van der Waals surface area (Å²) < 4.78 is 12.6. The Hall–Kier alpha value is -0.570. The van der Waals surface area contributed by atoms with Gasteiger partial charge in [-0.2, -0.15) is 0 Å². The Morgan fingerprint density at radius 2 is 1.20 bits per heavy atom. The molecule has 60 heavy (non-hydrogen) atoms. The van der Waals surface area contributed by atoms with Gasteiger partial charge in [0, 0.05) is 11.8 Å². The minimum atomic E-state index is -0.316. The molecule has 1 heterocycles. The Balaban J connectivity index is 0.948. The summed E-state index contributed by atoms with van der Waals surface area (Å²) in [5.74, 6) is 5.84. The van der Waals surface area contributed by atoms with E-state index >= 15 is 0 Å². The number of fused-ring (bicyclic) bond motifs is 10. The highest BCUT2D eigenvalue weighted by Crippen LogP contribution is 2.73. The van der Waals surface area contributed by atoms with E-state index in [0.29, 0.717) is 78.3 Å². The van der Waals surface area contributed by atoms with E-state index in [1.807, 2.05) is 0 Å². The van der Waals surface area contributed by atoms with Crippen LogP contribution in [-0.4, -0.2) is 70.6 Å². The molecule has 7 heteroatoms. The summed E-state index contributed by atoms with van der Waals surface area (Å²) >= 11 is 0. The van der Waals surface area contributed by atoms with Gasteiger partial charge in [0.25, 0.3) is 0 Å². The maximum atomic E-state index is 12.5. The van der Waals surface area contributed by atoms with Gasteiger partial charge in [0.2, 0.25) is 0 Å². The van der Waals surface area contributed by atoms with Crippen LogP contribution < -0.4 is 0 Å². The predicted octanol–water partition coefficient (Wildman–Crippen LogP) is 9.71. The Bertz CT molecular complexity index is 1530. The van der Waals surface area contributed by atoms with Crippen molar-refractivity contribution in [2.45, 2.75) is 195 Å². The van der Waals surface area contributed by atoms with Gasteiger partial charge >= 0.3 is 0 Å². The fourth-order valence-corrected chi connectivity index (χ4v) is 20.4. The van der Waals surface area contributed by atoms with E-state index < -0.39 is 0 Å². The lowest BCUT2D eigenvalue weighted by Gasteiger charge is -2.65. The van der Waals surface area contributed by atoms with E-state index in [0.717, 1.165) is 89.9 Å². The number of aliphatic hydroxyl groups is 4. The first-order valence-corrected chi connectivity index (χ1v) is 26.0. The minimum absolute atomic E-state index is 0.0777. The molecule has 0 radical (unpaired) electrons. The smallest absolute Gasteiger partial charge is 0.160 e. The summed E-state index contributed by atoms with van der Waals surface area (Å²) in [5.41, 5.74) is 0.535. The van der Waals surface area contributed by atoms with Crippen LogP contribution in [0.25, 0.3) is 0 Å². The van der Waals surface area contributed by atoms with Crippen molar-refractivity contribution in [1.29, 1.82) is 0 Å². The second-order valence-electron chi connectivity index (χ2n) is 24.8. The third-order valence-corrected chi connectivity index (χ3v) is 23.0. The quantitative estimate of drug-likeness (QED) is 0.162. The van der Waals surface area contributed by atoms with Gasteiger partial charge in [0.1, 0.15) is 6.29 Å². The van der Waals surface area contributed by atoms with Gasteiger partial charge < -0.3 is 34.7 Å². The van der Waals surface area contributed by atoms with Crippen molar-refractivity contribution < 1.29 is 34.7 Å². The molecule has 1 saturated heterocycles. The largest absolute Gasteiger partial charge is 0.393 e. The highest BCUT2D eigenvalue weighted by atomic mass is 16.7. The minimum Gasteiger partial charge on any atom is -0.393 e. The first-order chi connectivity index (χ1) is 28.6. The van der Waals surface area contributed by atoms with Crippen LogP contribution in [0.2, 0.25) is 0 Å². The van der Waals surface area contributed by atoms with Crippen molar-refractivity contribution in [2.24, 2.45) is 116 Å². The second kappa shape index (κ2) is 16.4. The van der Waals surface area contributed by atoms with Crippen LogP contribution in [0.3, 0.4) is 0 Å². The number of rotatable bonds is 10. The number of aliphatic hydroxyl groups excluding tert-OH is 4. The molecule has 0 bridgehead atoms.